The number of benzene rings is 1. The van der Waals surface area contributed by atoms with Crippen molar-refractivity contribution in [3.8, 4) is 0 Å². The SMILES string of the molecule is CCC1CCC(N)C(N(CC)c2ccccc2C)C1. The Labute approximate surface area is 118 Å². The lowest BCUT2D eigenvalue weighted by Crippen LogP contribution is -2.51. The largest absolute Gasteiger partial charge is 0.367 e. The molecule has 3 atom stereocenters. The van der Waals surface area contributed by atoms with Crippen LogP contribution in [0.1, 0.15) is 45.1 Å². The Morgan fingerprint density at radius 3 is 2.58 bits per heavy atom. The summed E-state index contributed by atoms with van der Waals surface area (Å²) in [6, 6.07) is 9.51. The zero-order valence-corrected chi connectivity index (χ0v) is 12.6. The van der Waals surface area contributed by atoms with E-state index in [9.17, 15) is 0 Å². The second-order valence-electron chi connectivity index (χ2n) is 5.89. The molecule has 2 heteroatoms. The molecule has 0 aliphatic heterocycles. The standard InChI is InChI=1S/C17H28N2/c1-4-14-10-11-15(18)17(12-14)19(5-2)16-9-7-6-8-13(16)3/h6-9,14-15,17H,4-5,10-12,18H2,1-3H3. The van der Waals surface area contributed by atoms with Gasteiger partial charge in [-0.3, -0.25) is 0 Å². The van der Waals surface area contributed by atoms with Gasteiger partial charge in [-0.1, -0.05) is 31.5 Å². The normalized spacial score (nSPS) is 27.3. The summed E-state index contributed by atoms with van der Waals surface area (Å²) in [6.45, 7) is 7.79. The molecule has 0 bridgehead atoms. The number of likely N-dealkylation sites (N-methyl/N-ethyl adjacent to an activating group) is 1. The minimum absolute atomic E-state index is 0.322. The fourth-order valence-electron chi connectivity index (χ4n) is 3.45. The number of hydrogen-bond acceptors (Lipinski definition) is 2. The summed E-state index contributed by atoms with van der Waals surface area (Å²) in [5.41, 5.74) is 9.14. The molecule has 1 saturated carbocycles. The molecule has 2 N–H and O–H groups in total. The first kappa shape index (κ1) is 14.4. The Morgan fingerprint density at radius 2 is 1.95 bits per heavy atom. The van der Waals surface area contributed by atoms with Crippen LogP contribution in [0, 0.1) is 12.8 Å². The topological polar surface area (TPSA) is 29.3 Å². The summed E-state index contributed by atoms with van der Waals surface area (Å²) in [6.07, 6.45) is 5.01. The molecule has 0 radical (unpaired) electrons. The van der Waals surface area contributed by atoms with Gasteiger partial charge >= 0.3 is 0 Å². The number of rotatable bonds is 4. The number of para-hydroxylation sites is 1. The predicted octanol–water partition coefficient (Wildman–Crippen LogP) is 3.73. The molecule has 1 aliphatic rings. The van der Waals surface area contributed by atoms with E-state index >= 15 is 0 Å². The van der Waals surface area contributed by atoms with Crippen molar-refractivity contribution in [3.05, 3.63) is 29.8 Å². The van der Waals surface area contributed by atoms with Crippen LogP contribution in [0.15, 0.2) is 24.3 Å². The summed E-state index contributed by atoms with van der Waals surface area (Å²) in [7, 11) is 0. The van der Waals surface area contributed by atoms with Crippen LogP contribution < -0.4 is 10.6 Å². The van der Waals surface area contributed by atoms with Gasteiger partial charge in [-0.15, -0.1) is 0 Å². The molecule has 1 fully saturated rings. The fourth-order valence-corrected chi connectivity index (χ4v) is 3.45. The second-order valence-corrected chi connectivity index (χ2v) is 5.89. The molecule has 2 nitrogen and oxygen atoms in total. The number of anilines is 1. The van der Waals surface area contributed by atoms with Crippen LogP contribution in [0.4, 0.5) is 5.69 Å². The van der Waals surface area contributed by atoms with Gasteiger partial charge in [-0.05, 0) is 50.7 Å². The highest BCUT2D eigenvalue weighted by Crippen LogP contribution is 2.32. The van der Waals surface area contributed by atoms with Gasteiger partial charge in [-0.25, -0.2) is 0 Å². The summed E-state index contributed by atoms with van der Waals surface area (Å²) in [5.74, 6) is 0.850. The molecule has 0 heterocycles. The number of nitrogens with two attached hydrogens (primary N) is 1. The van der Waals surface area contributed by atoms with Gasteiger partial charge in [0.1, 0.15) is 0 Å². The average molecular weight is 260 g/mol. The molecule has 0 spiro atoms. The maximum atomic E-state index is 6.42. The fraction of sp³-hybridized carbons (Fsp3) is 0.647. The van der Waals surface area contributed by atoms with E-state index in [0.29, 0.717) is 12.1 Å². The molecule has 0 aromatic heterocycles. The Kier molecular flexibility index (Phi) is 4.87. The van der Waals surface area contributed by atoms with Crippen molar-refractivity contribution in [3.63, 3.8) is 0 Å². The lowest BCUT2D eigenvalue weighted by Gasteiger charge is -2.42. The summed E-state index contributed by atoms with van der Waals surface area (Å²) < 4.78 is 0. The van der Waals surface area contributed by atoms with E-state index in [-0.39, 0.29) is 0 Å². The van der Waals surface area contributed by atoms with Crippen molar-refractivity contribution in [2.45, 2.75) is 58.5 Å². The molecule has 0 amide bonds. The second kappa shape index (κ2) is 6.42. The van der Waals surface area contributed by atoms with E-state index in [1.807, 2.05) is 0 Å². The van der Waals surface area contributed by atoms with Gasteiger partial charge in [0, 0.05) is 24.3 Å². The van der Waals surface area contributed by atoms with Crippen LogP contribution in [0.2, 0.25) is 0 Å². The van der Waals surface area contributed by atoms with Crippen LogP contribution >= 0.6 is 0 Å². The first-order chi connectivity index (χ1) is 9.17. The molecule has 1 aromatic carbocycles. The van der Waals surface area contributed by atoms with Gasteiger partial charge in [0.05, 0.1) is 0 Å². The average Bonchev–Trinajstić information content (AvgIpc) is 2.43. The van der Waals surface area contributed by atoms with Crippen LogP contribution in [0.3, 0.4) is 0 Å². The minimum atomic E-state index is 0.322. The van der Waals surface area contributed by atoms with Crippen molar-refractivity contribution in [1.29, 1.82) is 0 Å². The van der Waals surface area contributed by atoms with Gasteiger partial charge in [0.25, 0.3) is 0 Å². The van der Waals surface area contributed by atoms with E-state index in [0.717, 1.165) is 12.5 Å². The third-order valence-electron chi connectivity index (χ3n) is 4.72. The lowest BCUT2D eigenvalue weighted by atomic mass is 9.80. The molecule has 2 rings (SSSR count). The third-order valence-corrected chi connectivity index (χ3v) is 4.72. The number of hydrogen-bond donors (Lipinski definition) is 1. The number of nitrogens with zero attached hydrogens (tertiary/aromatic N) is 1. The summed E-state index contributed by atoms with van der Waals surface area (Å²) >= 11 is 0. The van der Waals surface area contributed by atoms with Crippen LogP contribution in [-0.4, -0.2) is 18.6 Å². The van der Waals surface area contributed by atoms with Crippen molar-refractivity contribution in [2.75, 3.05) is 11.4 Å². The van der Waals surface area contributed by atoms with Crippen molar-refractivity contribution in [1.82, 2.24) is 0 Å². The summed E-state index contributed by atoms with van der Waals surface area (Å²) in [4.78, 5) is 2.53. The summed E-state index contributed by atoms with van der Waals surface area (Å²) in [5, 5.41) is 0. The van der Waals surface area contributed by atoms with Gasteiger partial charge < -0.3 is 10.6 Å². The lowest BCUT2D eigenvalue weighted by molar-refractivity contribution is 0.273. The Bertz CT molecular complexity index is 402. The quantitative estimate of drug-likeness (QED) is 0.894. The molecule has 19 heavy (non-hydrogen) atoms. The minimum Gasteiger partial charge on any atom is -0.367 e. The van der Waals surface area contributed by atoms with Gasteiger partial charge in [0.2, 0.25) is 0 Å². The van der Waals surface area contributed by atoms with E-state index in [4.69, 9.17) is 5.73 Å². The van der Waals surface area contributed by atoms with Crippen molar-refractivity contribution < 1.29 is 0 Å². The zero-order chi connectivity index (χ0) is 13.8. The van der Waals surface area contributed by atoms with E-state index in [2.05, 4.69) is 49.9 Å². The van der Waals surface area contributed by atoms with Crippen LogP contribution in [0.5, 0.6) is 0 Å². The Morgan fingerprint density at radius 1 is 1.21 bits per heavy atom. The molecular weight excluding hydrogens is 232 g/mol. The first-order valence-corrected chi connectivity index (χ1v) is 7.75. The highest BCUT2D eigenvalue weighted by molar-refractivity contribution is 5.54. The van der Waals surface area contributed by atoms with E-state index in [1.54, 1.807) is 0 Å². The highest BCUT2D eigenvalue weighted by atomic mass is 15.2. The first-order valence-electron chi connectivity index (χ1n) is 7.75. The van der Waals surface area contributed by atoms with Crippen LogP contribution in [0.25, 0.3) is 0 Å². The maximum Gasteiger partial charge on any atom is 0.0443 e. The van der Waals surface area contributed by atoms with E-state index < -0.39 is 0 Å². The van der Waals surface area contributed by atoms with Gasteiger partial charge in [-0.2, -0.15) is 0 Å². The van der Waals surface area contributed by atoms with Crippen LogP contribution in [-0.2, 0) is 0 Å². The Hall–Kier alpha value is -1.02. The van der Waals surface area contributed by atoms with E-state index in [1.165, 1.54) is 36.9 Å². The predicted molar refractivity (Wildman–Crippen MR) is 83.6 cm³/mol. The third kappa shape index (κ3) is 3.11. The molecule has 0 saturated heterocycles. The molecule has 106 valence electrons. The molecule has 1 aliphatic carbocycles. The highest BCUT2D eigenvalue weighted by Gasteiger charge is 2.31. The molecule has 3 unspecified atom stereocenters. The molecular formula is C17H28N2. The zero-order valence-electron chi connectivity index (χ0n) is 12.6. The smallest absolute Gasteiger partial charge is 0.0443 e. The monoisotopic (exact) mass is 260 g/mol. The maximum absolute atomic E-state index is 6.42. The molecule has 1 aromatic rings. The van der Waals surface area contributed by atoms with Gasteiger partial charge in [0.15, 0.2) is 0 Å². The number of aryl methyl sites for hydroxylation is 1. The van der Waals surface area contributed by atoms with Crippen molar-refractivity contribution >= 4 is 5.69 Å². The van der Waals surface area contributed by atoms with Crippen molar-refractivity contribution in [2.24, 2.45) is 11.7 Å². The Balaban J connectivity index is 2.23.